The van der Waals surface area contributed by atoms with E-state index in [4.69, 9.17) is 8.92 Å². The summed E-state index contributed by atoms with van der Waals surface area (Å²) in [7, 11) is -2.16. The van der Waals surface area contributed by atoms with Crippen LogP contribution in [0.2, 0.25) is 0 Å². The number of ether oxygens (including phenoxy) is 1. The smallest absolute Gasteiger partial charge is 0.274 e. The van der Waals surface area contributed by atoms with E-state index in [2.05, 4.69) is 33.0 Å². The lowest BCUT2D eigenvalue weighted by Gasteiger charge is -2.11. The molecule has 11 heteroatoms. The number of halogens is 1. The van der Waals surface area contributed by atoms with Crippen LogP contribution in [0.25, 0.3) is 5.69 Å². The van der Waals surface area contributed by atoms with Crippen molar-refractivity contribution in [3.8, 4) is 11.4 Å². The molecule has 0 aliphatic rings. The van der Waals surface area contributed by atoms with E-state index in [1.807, 2.05) is 12.1 Å². The lowest BCUT2D eigenvalue weighted by atomic mass is 10.1. The molecule has 3 aromatic rings. The van der Waals surface area contributed by atoms with Crippen LogP contribution in [-0.4, -0.2) is 49.9 Å². The number of rotatable bonds is 9. The number of hydrogen-bond acceptors (Lipinski definition) is 7. The number of carbonyl (C=O) groups excluding carboxylic acids is 2. The van der Waals surface area contributed by atoms with Crippen molar-refractivity contribution in [2.24, 2.45) is 0 Å². The van der Waals surface area contributed by atoms with E-state index in [9.17, 15) is 18.0 Å². The van der Waals surface area contributed by atoms with Gasteiger partial charge < -0.3 is 10.1 Å². The highest BCUT2D eigenvalue weighted by Gasteiger charge is 2.27. The number of nitrogens with one attached hydrogen (secondary N) is 1. The van der Waals surface area contributed by atoms with Crippen molar-refractivity contribution < 1.29 is 26.9 Å². The lowest BCUT2D eigenvalue weighted by Crippen LogP contribution is -2.19. The van der Waals surface area contributed by atoms with Crippen molar-refractivity contribution in [3.63, 3.8) is 0 Å². The molecule has 1 amide bonds. The predicted octanol–water partition coefficient (Wildman–Crippen LogP) is 3.46. The van der Waals surface area contributed by atoms with E-state index in [0.29, 0.717) is 22.7 Å². The number of carbonyl (C=O) groups is 2. The maximum absolute atomic E-state index is 13.4. The molecule has 33 heavy (non-hydrogen) atoms. The number of aromatic nitrogens is 2. The summed E-state index contributed by atoms with van der Waals surface area (Å²) in [5.41, 5.74) is 1.56. The third-order valence-electron chi connectivity index (χ3n) is 4.60. The topological polar surface area (TPSA) is 117 Å². The normalized spacial score (nSPS) is 11.3. The zero-order valence-corrected chi connectivity index (χ0v) is 21.1. The van der Waals surface area contributed by atoms with E-state index in [1.54, 1.807) is 36.4 Å². The van der Waals surface area contributed by atoms with Crippen molar-refractivity contribution in [1.82, 2.24) is 9.78 Å². The van der Waals surface area contributed by atoms with Gasteiger partial charge in [0.1, 0.15) is 17.1 Å². The Hall–Kier alpha value is -2.77. The van der Waals surface area contributed by atoms with Crippen molar-refractivity contribution >= 4 is 50.1 Å². The highest BCUT2D eigenvalue weighted by molar-refractivity contribution is 14.1. The number of nitrogens with zero attached hydrogens (tertiary/aromatic N) is 2. The van der Waals surface area contributed by atoms with E-state index in [0.717, 1.165) is 9.83 Å². The minimum atomic E-state index is -3.69. The Labute approximate surface area is 205 Å². The molecule has 174 valence electrons. The first kappa shape index (κ1) is 24.9. The predicted molar refractivity (Wildman–Crippen MR) is 132 cm³/mol. The summed E-state index contributed by atoms with van der Waals surface area (Å²) in [5.74, 6) is -0.245. The van der Waals surface area contributed by atoms with Crippen LogP contribution >= 0.6 is 22.6 Å². The quantitative estimate of drug-likeness (QED) is 0.233. The van der Waals surface area contributed by atoms with Crippen LogP contribution in [-0.2, 0) is 20.7 Å². The van der Waals surface area contributed by atoms with Crippen molar-refractivity contribution in [3.05, 3.63) is 69.1 Å². The number of ketones is 1. The van der Waals surface area contributed by atoms with Gasteiger partial charge in [0, 0.05) is 28.2 Å². The highest BCUT2D eigenvalue weighted by atomic mass is 127. The maximum atomic E-state index is 13.4. The Morgan fingerprint density at radius 1 is 1.09 bits per heavy atom. The van der Waals surface area contributed by atoms with Gasteiger partial charge in [0.25, 0.3) is 16.0 Å². The fraction of sp³-hybridized carbons (Fsp3) is 0.227. The second-order valence-electron chi connectivity index (χ2n) is 7.08. The second-order valence-corrected chi connectivity index (χ2v) is 9.97. The Morgan fingerprint density at radius 3 is 2.27 bits per heavy atom. The van der Waals surface area contributed by atoms with Crippen molar-refractivity contribution in [2.45, 2.75) is 13.3 Å². The van der Waals surface area contributed by atoms with Crippen LogP contribution < -0.4 is 10.1 Å². The number of benzene rings is 2. The average Bonchev–Trinajstić information content (AvgIpc) is 3.14. The lowest BCUT2D eigenvalue weighted by molar-refractivity contribution is 0.100. The molecular weight excluding hydrogens is 561 g/mol. The summed E-state index contributed by atoms with van der Waals surface area (Å²) in [6.45, 7) is 1.10. The first-order chi connectivity index (χ1) is 15.6. The Balaban J connectivity index is 2.10. The highest BCUT2D eigenvalue weighted by Crippen LogP contribution is 2.24. The number of methoxy groups -OCH3 is 1. The summed E-state index contributed by atoms with van der Waals surface area (Å²) in [4.78, 5) is 25.7. The van der Waals surface area contributed by atoms with Gasteiger partial charge >= 0.3 is 0 Å². The van der Waals surface area contributed by atoms with Crippen LogP contribution in [0.4, 0.5) is 5.69 Å². The number of amides is 1. The van der Waals surface area contributed by atoms with E-state index in [1.165, 1.54) is 18.7 Å². The molecule has 0 aliphatic heterocycles. The Bertz CT molecular complexity index is 1270. The Morgan fingerprint density at radius 2 is 1.73 bits per heavy atom. The zero-order chi connectivity index (χ0) is 24.2. The summed E-state index contributed by atoms with van der Waals surface area (Å²) < 4.78 is 35.2. The molecule has 0 aliphatic carbocycles. The molecule has 0 saturated heterocycles. The molecule has 1 aromatic heterocycles. The van der Waals surface area contributed by atoms with Gasteiger partial charge in [-0.2, -0.15) is 13.5 Å². The molecule has 2 aromatic carbocycles. The van der Waals surface area contributed by atoms with Gasteiger partial charge in [-0.3, -0.25) is 13.8 Å². The molecule has 3 rings (SSSR count). The number of Topliss-reactive ketones (excluding diaryl/α,β-unsaturated/α-hetero) is 1. The fourth-order valence-electron chi connectivity index (χ4n) is 3.13. The number of anilines is 1. The minimum absolute atomic E-state index is 0.00637. The van der Waals surface area contributed by atoms with Gasteiger partial charge in [0.2, 0.25) is 0 Å². The van der Waals surface area contributed by atoms with E-state index < -0.39 is 16.0 Å². The van der Waals surface area contributed by atoms with Gasteiger partial charge in [-0.05, 0) is 71.1 Å². The molecule has 0 radical (unpaired) electrons. The first-order valence-electron chi connectivity index (χ1n) is 9.77. The zero-order valence-electron chi connectivity index (χ0n) is 18.2. The van der Waals surface area contributed by atoms with Gasteiger partial charge in [-0.15, -0.1) is 0 Å². The molecule has 0 bridgehead atoms. The molecule has 0 spiro atoms. The van der Waals surface area contributed by atoms with Crippen LogP contribution in [0, 0.1) is 3.57 Å². The van der Waals surface area contributed by atoms with Gasteiger partial charge in [-0.25, -0.2) is 4.68 Å². The minimum Gasteiger partial charge on any atom is -0.497 e. The monoisotopic (exact) mass is 583 g/mol. The standard InChI is InChI=1S/C22H22IN3O6S/c1-14(27)20-19(12-13-32-33(3,29)30)21(22(28)24-16-6-4-15(23)5-7-16)26(25-20)17-8-10-18(31-2)11-9-17/h4-11H,12-13H2,1-3H3,(H,24,28). The fourth-order valence-corrected chi connectivity index (χ4v) is 3.88. The van der Waals surface area contributed by atoms with Crippen molar-refractivity contribution in [1.29, 1.82) is 0 Å². The third kappa shape index (κ3) is 6.39. The summed E-state index contributed by atoms with van der Waals surface area (Å²) >= 11 is 2.16. The number of hydrogen-bond donors (Lipinski definition) is 1. The summed E-state index contributed by atoms with van der Waals surface area (Å²) in [6.07, 6.45) is 0.928. The molecule has 0 atom stereocenters. The molecular formula is C22H22IN3O6S. The molecule has 0 fully saturated rings. The van der Waals surface area contributed by atoms with Gasteiger partial charge in [0.15, 0.2) is 5.78 Å². The summed E-state index contributed by atoms with van der Waals surface area (Å²) in [5, 5.41) is 7.21. The molecule has 0 unspecified atom stereocenters. The first-order valence-corrected chi connectivity index (χ1v) is 12.7. The molecule has 9 nitrogen and oxygen atoms in total. The van der Waals surface area contributed by atoms with E-state index >= 15 is 0 Å². The van der Waals surface area contributed by atoms with Crippen LogP contribution in [0.5, 0.6) is 5.75 Å². The van der Waals surface area contributed by atoms with Crippen LogP contribution in [0.1, 0.15) is 33.5 Å². The van der Waals surface area contributed by atoms with E-state index in [-0.39, 0.29) is 30.2 Å². The van der Waals surface area contributed by atoms with Gasteiger partial charge in [0.05, 0.1) is 25.7 Å². The largest absolute Gasteiger partial charge is 0.497 e. The van der Waals surface area contributed by atoms with Crippen molar-refractivity contribution in [2.75, 3.05) is 25.3 Å². The second kappa shape index (κ2) is 10.4. The average molecular weight is 583 g/mol. The van der Waals surface area contributed by atoms with Crippen LogP contribution in [0.15, 0.2) is 48.5 Å². The molecule has 1 heterocycles. The van der Waals surface area contributed by atoms with Gasteiger partial charge in [-0.1, -0.05) is 0 Å². The summed E-state index contributed by atoms with van der Waals surface area (Å²) in [6, 6.07) is 14.0. The SMILES string of the molecule is COc1ccc(-n2nc(C(C)=O)c(CCOS(C)(=O)=O)c2C(=O)Nc2ccc(I)cc2)cc1. The molecule has 1 N–H and O–H groups in total. The third-order valence-corrected chi connectivity index (χ3v) is 5.91. The van der Waals surface area contributed by atoms with Crippen LogP contribution in [0.3, 0.4) is 0 Å². The maximum Gasteiger partial charge on any atom is 0.274 e. The Kier molecular flexibility index (Phi) is 7.87. The molecule has 0 saturated carbocycles.